The van der Waals surface area contributed by atoms with Crippen molar-refractivity contribution in [3.63, 3.8) is 0 Å². The molecule has 0 saturated carbocycles. The second kappa shape index (κ2) is 16.0. The van der Waals surface area contributed by atoms with Crippen molar-refractivity contribution >= 4 is 44.6 Å². The first-order chi connectivity index (χ1) is 33.2. The Bertz CT molecular complexity index is 3610. The molecule has 0 bridgehead atoms. The van der Waals surface area contributed by atoms with E-state index in [9.17, 15) is 0 Å². The van der Waals surface area contributed by atoms with Crippen LogP contribution in [0.4, 0.5) is 35.9 Å². The molecule has 3 heterocycles. The van der Waals surface area contributed by atoms with Gasteiger partial charge in [-0.25, -0.2) is 4.98 Å². The predicted molar refractivity (Wildman–Crippen MR) is 239 cm³/mol. The number of fused-ring (bicyclic) bond motifs is 4. The summed E-state index contributed by atoms with van der Waals surface area (Å²) < 4.78 is 131. The Hall–Kier alpha value is -6.63. The van der Waals surface area contributed by atoms with Crippen molar-refractivity contribution in [2.45, 2.75) is 32.4 Å². The number of aromatic nitrogens is 2. The van der Waals surface area contributed by atoms with E-state index in [-0.39, 0.29) is 77.7 Å². The molecule has 0 spiro atoms. The van der Waals surface area contributed by atoms with Gasteiger partial charge in [0, 0.05) is 72.5 Å². The molecule has 10 rings (SSSR count). The summed E-state index contributed by atoms with van der Waals surface area (Å²) in [6, 6.07) is 31.1. The molecule has 2 aromatic heterocycles. The van der Waals surface area contributed by atoms with E-state index in [2.05, 4.69) is 32.9 Å². The molecule has 0 amide bonds. The zero-order valence-electron chi connectivity index (χ0n) is 42.2. The summed E-state index contributed by atoms with van der Waals surface area (Å²) in [5, 5.41) is 1.73. The zero-order valence-corrected chi connectivity index (χ0v) is 35.5. The van der Waals surface area contributed by atoms with E-state index in [1.54, 1.807) is 47.5 Å². The molecule has 0 unspecified atom stereocenters. The molecular weight excluding hydrogens is 961 g/mol. The Balaban J connectivity index is 0.00000624. The number of pyridine rings is 1. The minimum absolute atomic E-state index is 0. The number of ether oxygens (including phenoxy) is 1. The van der Waals surface area contributed by atoms with Crippen LogP contribution in [-0.2, 0) is 32.7 Å². The van der Waals surface area contributed by atoms with Gasteiger partial charge in [0.15, 0.2) is 0 Å². The molecule has 1 aliphatic rings. The molecule has 0 radical (unpaired) electrons. The third-order valence-electron chi connectivity index (χ3n) is 10.6. The number of benzene rings is 7. The first-order valence-corrected chi connectivity index (χ1v) is 19.3. The Morgan fingerprint density at radius 1 is 0.645 bits per heavy atom. The van der Waals surface area contributed by atoms with Gasteiger partial charge in [0.25, 0.3) is 0 Å². The van der Waals surface area contributed by atoms with E-state index in [0.717, 1.165) is 34.0 Å². The van der Waals surface area contributed by atoms with Crippen molar-refractivity contribution < 1.29 is 51.3 Å². The van der Waals surface area contributed by atoms with Crippen LogP contribution >= 0.6 is 0 Å². The van der Waals surface area contributed by atoms with Gasteiger partial charge in [-0.1, -0.05) is 135 Å². The smallest absolute Gasteiger partial charge is 0.395 e. The standard InChI is InChI=1S/C53H38F3N4O.Pt/c1-52(2,3)37-27-28-57-50(31-37)60-46-22-11-10-19-44(46)45-26-25-40(33-49(45)60)61-41-30-38(53(54,55)56)29-39(32-41)58-34-59(48-24-13-12-23-47(48)58)51-42(35-15-6-4-7-16-35)20-14-21-43(51)36-17-8-5-9-18-36;/h4-31,34H,1-3H3;/q-3;/i4D,5D,6D,7D,8D,9D,15D,16D,17D;. The fourth-order valence-electron chi connectivity index (χ4n) is 7.69. The van der Waals surface area contributed by atoms with Gasteiger partial charge in [-0.3, -0.25) is 0 Å². The maximum absolute atomic E-state index is 15.0. The number of alkyl halides is 3. The van der Waals surface area contributed by atoms with E-state index >= 15 is 13.2 Å². The minimum Gasteiger partial charge on any atom is -0.509 e. The largest absolute Gasteiger partial charge is 0.509 e. The van der Waals surface area contributed by atoms with E-state index < -0.39 is 60.1 Å². The molecular formula is C53H38F3N4OPt-3. The van der Waals surface area contributed by atoms with Gasteiger partial charge in [-0.15, -0.1) is 48.1 Å². The zero-order chi connectivity index (χ0) is 49.7. The Morgan fingerprint density at radius 2 is 1.34 bits per heavy atom. The predicted octanol–water partition coefficient (Wildman–Crippen LogP) is 14.6. The third kappa shape index (κ3) is 7.43. The van der Waals surface area contributed by atoms with Gasteiger partial charge in [0.1, 0.15) is 5.82 Å². The average Bonchev–Trinajstić information content (AvgIpc) is 3.88. The van der Waals surface area contributed by atoms with Gasteiger partial charge in [0.05, 0.1) is 12.3 Å². The number of rotatable bonds is 7. The van der Waals surface area contributed by atoms with Gasteiger partial charge >= 0.3 is 6.18 Å². The van der Waals surface area contributed by atoms with Crippen molar-refractivity contribution in [2.75, 3.05) is 9.80 Å². The summed E-state index contributed by atoms with van der Waals surface area (Å²) in [7, 11) is 0. The average molecular weight is 1010 g/mol. The van der Waals surface area contributed by atoms with Crippen molar-refractivity contribution in [2.24, 2.45) is 0 Å². The fraction of sp³-hybridized carbons (Fsp3) is 0.0943. The maximum Gasteiger partial charge on any atom is 0.395 e. The van der Waals surface area contributed by atoms with Gasteiger partial charge in [-0.05, 0) is 63.4 Å². The van der Waals surface area contributed by atoms with E-state index in [1.807, 2.05) is 47.0 Å². The van der Waals surface area contributed by atoms with E-state index in [0.29, 0.717) is 22.7 Å². The first-order valence-electron chi connectivity index (χ1n) is 23.8. The Kier molecular flexibility index (Phi) is 8.07. The number of hydrogen-bond acceptors (Lipinski definition) is 4. The monoisotopic (exact) mass is 1010 g/mol. The van der Waals surface area contributed by atoms with Gasteiger partial charge in [-0.2, -0.15) is 19.2 Å². The van der Waals surface area contributed by atoms with Crippen LogP contribution in [0.3, 0.4) is 0 Å². The topological polar surface area (TPSA) is 33.5 Å². The van der Waals surface area contributed by atoms with E-state index in [4.69, 9.17) is 22.1 Å². The summed E-state index contributed by atoms with van der Waals surface area (Å²) in [5.41, 5.74) is 2.01. The quantitative estimate of drug-likeness (QED) is 0.149. The third-order valence-corrected chi connectivity index (χ3v) is 10.6. The van der Waals surface area contributed by atoms with Crippen LogP contribution in [0.1, 0.15) is 44.2 Å². The molecule has 0 atom stereocenters. The fourth-order valence-corrected chi connectivity index (χ4v) is 7.69. The van der Waals surface area contributed by atoms with Crippen LogP contribution in [-0.4, -0.2) is 9.55 Å². The molecule has 310 valence electrons. The normalized spacial score (nSPS) is 14.8. The number of anilines is 4. The van der Waals surface area contributed by atoms with Crippen molar-refractivity contribution in [3.05, 3.63) is 200 Å². The second-order valence-electron chi connectivity index (χ2n) is 15.4. The molecule has 1 aliphatic heterocycles. The van der Waals surface area contributed by atoms with Crippen LogP contribution < -0.4 is 14.5 Å². The molecule has 0 N–H and O–H groups in total. The Labute approximate surface area is 385 Å². The number of halogens is 3. The molecule has 0 saturated heterocycles. The van der Waals surface area contributed by atoms with Crippen LogP contribution in [0.2, 0.25) is 0 Å². The second-order valence-corrected chi connectivity index (χ2v) is 15.4. The molecule has 9 heteroatoms. The van der Waals surface area contributed by atoms with Crippen LogP contribution in [0, 0.1) is 18.8 Å². The summed E-state index contributed by atoms with van der Waals surface area (Å²) in [6.45, 7) is 7.76. The molecule has 62 heavy (non-hydrogen) atoms. The van der Waals surface area contributed by atoms with Crippen LogP contribution in [0.5, 0.6) is 11.5 Å². The Morgan fingerprint density at radius 3 is 2.10 bits per heavy atom. The van der Waals surface area contributed by atoms with Gasteiger partial charge in [0.2, 0.25) is 0 Å². The molecule has 0 aliphatic carbocycles. The number of para-hydroxylation sites is 4. The summed E-state index contributed by atoms with van der Waals surface area (Å²) in [4.78, 5) is 7.71. The molecule has 0 fully saturated rings. The number of nitrogens with zero attached hydrogens (tertiary/aromatic N) is 4. The molecule has 5 nitrogen and oxygen atoms in total. The van der Waals surface area contributed by atoms with E-state index in [1.165, 1.54) is 29.8 Å². The minimum atomic E-state index is -4.86. The number of hydrogen-bond donors (Lipinski definition) is 0. The van der Waals surface area contributed by atoms with Crippen molar-refractivity contribution in [1.29, 1.82) is 0 Å². The van der Waals surface area contributed by atoms with Crippen molar-refractivity contribution in [3.8, 4) is 39.6 Å². The maximum atomic E-state index is 15.0. The van der Waals surface area contributed by atoms with Crippen LogP contribution in [0.25, 0.3) is 49.9 Å². The first kappa shape index (κ1) is 31.3. The molecule has 7 aromatic carbocycles. The van der Waals surface area contributed by atoms with Crippen LogP contribution in [0.15, 0.2) is 170 Å². The summed E-state index contributed by atoms with van der Waals surface area (Å²) in [6.07, 6.45) is -3.12. The molecule has 9 aromatic rings. The summed E-state index contributed by atoms with van der Waals surface area (Å²) >= 11 is 0. The SMILES string of the molecule is [2H]c1cc(-c2cccc(-c3c([2H])c([2H])c([2H])c([2H])c3[2H])c2N2[CH-]N(c3[c-]c(Oc4[c-]c5c(cc4)c4ccccc4n5-c4cc(C(C)(C)C)ccn4)cc(C(F)(F)F)c3)c3ccccc32)c([2H])c([2H])c1[2H].[Pt]. The van der Waals surface area contributed by atoms with Gasteiger partial charge < -0.3 is 19.1 Å². The van der Waals surface area contributed by atoms with Crippen molar-refractivity contribution in [1.82, 2.24) is 9.55 Å². The summed E-state index contributed by atoms with van der Waals surface area (Å²) in [5.74, 6) is 0.430.